The van der Waals surface area contributed by atoms with Gasteiger partial charge in [0.2, 0.25) is 0 Å². The van der Waals surface area contributed by atoms with Crippen molar-refractivity contribution >= 4 is 27.4 Å². The summed E-state index contributed by atoms with van der Waals surface area (Å²) in [7, 11) is 0. The summed E-state index contributed by atoms with van der Waals surface area (Å²) < 4.78 is 3.20. The highest BCUT2D eigenvalue weighted by Gasteiger charge is 2.24. The van der Waals surface area contributed by atoms with Crippen molar-refractivity contribution in [3.8, 4) is 0 Å². The molecule has 16 heavy (non-hydrogen) atoms. The molecule has 4 heteroatoms. The number of rotatable bonds is 0. The smallest absolute Gasteiger partial charge is 0.146 e. The predicted octanol–water partition coefficient (Wildman–Crippen LogP) is 3.28. The Morgan fingerprint density at radius 1 is 1.31 bits per heavy atom. The molecule has 0 unspecified atom stereocenters. The van der Waals surface area contributed by atoms with Crippen LogP contribution in [0.1, 0.15) is 32.2 Å². The molecule has 0 aliphatic carbocycles. The molecular weight excluding hydrogens is 266 g/mol. The molecule has 0 spiro atoms. The molecule has 2 aromatic heterocycles. The van der Waals surface area contributed by atoms with Crippen molar-refractivity contribution in [1.29, 1.82) is 0 Å². The first-order chi connectivity index (χ1) is 7.32. The summed E-state index contributed by atoms with van der Waals surface area (Å²) in [5, 5.41) is 0. The van der Waals surface area contributed by atoms with Crippen LogP contribution in [0.3, 0.4) is 0 Å². The summed E-state index contributed by atoms with van der Waals surface area (Å²) in [5.41, 5.74) is 9.10. The van der Waals surface area contributed by atoms with Crippen LogP contribution in [-0.4, -0.2) is 9.38 Å². The molecule has 3 nitrogen and oxygen atoms in total. The molecule has 0 atom stereocenters. The van der Waals surface area contributed by atoms with E-state index in [0.717, 1.165) is 21.5 Å². The van der Waals surface area contributed by atoms with E-state index >= 15 is 0 Å². The zero-order chi connectivity index (χ0) is 12.1. The van der Waals surface area contributed by atoms with E-state index in [0.29, 0.717) is 5.82 Å². The maximum atomic E-state index is 6.01. The van der Waals surface area contributed by atoms with Crippen LogP contribution in [0.15, 0.2) is 16.6 Å². The lowest BCUT2D eigenvalue weighted by Gasteiger charge is -2.20. The molecule has 0 bridgehead atoms. The highest BCUT2D eigenvalue weighted by molar-refractivity contribution is 9.10. The van der Waals surface area contributed by atoms with Crippen LogP contribution in [0.4, 0.5) is 5.82 Å². The van der Waals surface area contributed by atoms with Crippen LogP contribution < -0.4 is 5.73 Å². The van der Waals surface area contributed by atoms with Crippen LogP contribution >= 0.6 is 15.9 Å². The molecule has 0 aliphatic rings. The second kappa shape index (κ2) is 3.48. The monoisotopic (exact) mass is 281 g/mol. The summed E-state index contributed by atoms with van der Waals surface area (Å²) >= 11 is 3.54. The molecule has 0 saturated heterocycles. The number of hydrogen-bond donors (Lipinski definition) is 1. The summed E-state index contributed by atoms with van der Waals surface area (Å²) in [6.45, 7) is 8.50. The van der Waals surface area contributed by atoms with Crippen molar-refractivity contribution in [2.45, 2.75) is 33.1 Å². The zero-order valence-electron chi connectivity index (χ0n) is 10.0. The fourth-order valence-corrected chi connectivity index (χ4v) is 2.31. The van der Waals surface area contributed by atoms with Gasteiger partial charge in [0, 0.05) is 15.6 Å². The fraction of sp³-hybridized carbons (Fsp3) is 0.417. The van der Waals surface area contributed by atoms with Crippen LogP contribution in [0.25, 0.3) is 5.65 Å². The van der Waals surface area contributed by atoms with Crippen LogP contribution in [0.2, 0.25) is 0 Å². The van der Waals surface area contributed by atoms with Gasteiger partial charge >= 0.3 is 0 Å². The molecule has 2 N–H and O–H groups in total. The summed E-state index contributed by atoms with van der Waals surface area (Å²) in [5.74, 6) is 0.619. The minimum absolute atomic E-state index is 0.0188. The minimum Gasteiger partial charge on any atom is -0.382 e. The van der Waals surface area contributed by atoms with Gasteiger partial charge in [0.15, 0.2) is 0 Å². The van der Waals surface area contributed by atoms with Gasteiger partial charge in [0.25, 0.3) is 0 Å². The van der Waals surface area contributed by atoms with E-state index in [9.17, 15) is 0 Å². The third kappa shape index (κ3) is 1.61. The maximum absolute atomic E-state index is 6.01. The molecule has 0 amide bonds. The van der Waals surface area contributed by atoms with Crippen molar-refractivity contribution in [3.63, 3.8) is 0 Å². The number of nitrogens with two attached hydrogens (primary N) is 1. The Hall–Kier alpha value is -1.03. The van der Waals surface area contributed by atoms with Crippen molar-refractivity contribution in [2.24, 2.45) is 0 Å². The lowest BCUT2D eigenvalue weighted by molar-refractivity contribution is 0.563. The molecule has 0 fully saturated rings. The van der Waals surface area contributed by atoms with Gasteiger partial charge in [-0.3, -0.25) is 4.40 Å². The highest BCUT2D eigenvalue weighted by atomic mass is 79.9. The molecular formula is C12H16BrN3. The van der Waals surface area contributed by atoms with Crippen molar-refractivity contribution < 1.29 is 0 Å². The van der Waals surface area contributed by atoms with E-state index in [4.69, 9.17) is 5.73 Å². The Morgan fingerprint density at radius 2 is 1.94 bits per heavy atom. The van der Waals surface area contributed by atoms with Crippen LogP contribution in [0, 0.1) is 6.92 Å². The normalized spacial score (nSPS) is 12.3. The molecule has 2 aromatic rings. The van der Waals surface area contributed by atoms with Crippen molar-refractivity contribution in [3.05, 3.63) is 28.0 Å². The summed E-state index contributed by atoms with van der Waals surface area (Å²) in [4.78, 5) is 4.40. The summed E-state index contributed by atoms with van der Waals surface area (Å²) in [6, 6.07) is 3.98. The van der Waals surface area contributed by atoms with Crippen molar-refractivity contribution in [1.82, 2.24) is 9.38 Å². The Balaban J connectivity index is 2.93. The zero-order valence-corrected chi connectivity index (χ0v) is 11.6. The van der Waals surface area contributed by atoms with E-state index in [1.165, 1.54) is 0 Å². The standard InChI is InChI=1S/C12H16BrN3/c1-7-8(13)5-6-9-15-11(14)10(16(7)9)12(2,3)4/h5-6H,14H2,1-4H3. The maximum Gasteiger partial charge on any atom is 0.146 e. The minimum atomic E-state index is -0.0188. The Kier molecular flexibility index (Phi) is 2.49. The predicted molar refractivity (Wildman–Crippen MR) is 70.7 cm³/mol. The van der Waals surface area contributed by atoms with Gasteiger partial charge in [-0.25, -0.2) is 4.98 Å². The number of hydrogen-bond acceptors (Lipinski definition) is 2. The number of nitrogens with zero attached hydrogens (tertiary/aromatic N) is 2. The average Bonchev–Trinajstić information content (AvgIpc) is 2.48. The van der Waals surface area contributed by atoms with Gasteiger partial charge in [0.1, 0.15) is 11.5 Å². The number of aryl methyl sites for hydroxylation is 1. The number of aromatic nitrogens is 2. The molecule has 86 valence electrons. The van der Waals surface area contributed by atoms with Crippen LogP contribution in [0.5, 0.6) is 0 Å². The lowest BCUT2D eigenvalue weighted by atomic mass is 9.92. The Morgan fingerprint density at radius 3 is 2.50 bits per heavy atom. The van der Waals surface area contributed by atoms with E-state index in [2.05, 4.69) is 53.0 Å². The fourth-order valence-electron chi connectivity index (χ4n) is 2.00. The first-order valence-corrected chi connectivity index (χ1v) is 6.05. The average molecular weight is 282 g/mol. The van der Waals surface area contributed by atoms with E-state index in [1.54, 1.807) is 0 Å². The molecule has 0 aliphatic heterocycles. The second-order valence-corrected chi connectivity index (χ2v) is 5.91. The van der Waals surface area contributed by atoms with E-state index in [-0.39, 0.29) is 5.41 Å². The van der Waals surface area contributed by atoms with Crippen LogP contribution in [-0.2, 0) is 5.41 Å². The number of nitrogen functional groups attached to an aromatic ring is 1. The Bertz CT molecular complexity index is 549. The molecule has 2 rings (SSSR count). The highest BCUT2D eigenvalue weighted by Crippen LogP contribution is 2.31. The molecule has 2 heterocycles. The third-order valence-electron chi connectivity index (χ3n) is 2.70. The number of pyridine rings is 1. The number of imidazole rings is 1. The van der Waals surface area contributed by atoms with E-state index in [1.807, 2.05) is 12.1 Å². The van der Waals surface area contributed by atoms with Gasteiger partial charge in [-0.1, -0.05) is 20.8 Å². The first kappa shape index (κ1) is 11.5. The topological polar surface area (TPSA) is 43.3 Å². The SMILES string of the molecule is Cc1c(Br)ccc2nc(N)c(C(C)(C)C)n12. The Labute approximate surface area is 104 Å². The van der Waals surface area contributed by atoms with E-state index < -0.39 is 0 Å². The number of fused-ring (bicyclic) bond motifs is 1. The van der Waals surface area contributed by atoms with Gasteiger partial charge in [-0.2, -0.15) is 0 Å². The molecule has 0 saturated carbocycles. The van der Waals surface area contributed by atoms with Gasteiger partial charge in [-0.15, -0.1) is 0 Å². The van der Waals surface area contributed by atoms with Gasteiger partial charge < -0.3 is 5.73 Å². The molecule has 0 aromatic carbocycles. The number of anilines is 1. The quantitative estimate of drug-likeness (QED) is 0.805. The third-order valence-corrected chi connectivity index (χ3v) is 3.54. The largest absolute Gasteiger partial charge is 0.382 e. The molecule has 0 radical (unpaired) electrons. The lowest BCUT2D eigenvalue weighted by Crippen LogP contribution is -2.17. The summed E-state index contributed by atoms with van der Waals surface area (Å²) in [6.07, 6.45) is 0. The van der Waals surface area contributed by atoms with Gasteiger partial charge in [-0.05, 0) is 35.0 Å². The first-order valence-electron chi connectivity index (χ1n) is 5.26. The van der Waals surface area contributed by atoms with Crippen molar-refractivity contribution in [2.75, 3.05) is 5.73 Å². The van der Waals surface area contributed by atoms with Gasteiger partial charge in [0.05, 0.1) is 5.69 Å². The number of halogens is 1. The second-order valence-electron chi connectivity index (χ2n) is 5.06.